The molecule has 0 N–H and O–H groups in total. The number of amides is 1. The normalized spacial score (nSPS) is 14.8. The van der Waals surface area contributed by atoms with Crippen molar-refractivity contribution < 1.29 is 18.0 Å². The molecule has 0 bridgehead atoms. The van der Waals surface area contributed by atoms with Crippen molar-refractivity contribution in [3.05, 3.63) is 64.0 Å². The summed E-state index contributed by atoms with van der Waals surface area (Å²) in [6.07, 6.45) is -4.38. The van der Waals surface area contributed by atoms with Crippen LogP contribution < -0.4 is 4.90 Å². The molecule has 2 aromatic heterocycles. The summed E-state index contributed by atoms with van der Waals surface area (Å²) in [6.45, 7) is 4.24. The number of hydrogen-bond donors (Lipinski definition) is 0. The fourth-order valence-corrected chi connectivity index (χ4v) is 4.04. The average molecular weight is 432 g/mol. The number of hydrogen-bond acceptors (Lipinski definition) is 5. The van der Waals surface area contributed by atoms with Crippen molar-refractivity contribution >= 4 is 23.1 Å². The number of aryl methyl sites for hydroxylation is 1. The number of aromatic nitrogens is 2. The lowest BCUT2D eigenvalue weighted by Crippen LogP contribution is -2.49. The lowest BCUT2D eigenvalue weighted by atomic mass is 10.1. The minimum Gasteiger partial charge on any atom is -0.353 e. The van der Waals surface area contributed by atoms with Gasteiger partial charge in [0.1, 0.15) is 5.82 Å². The number of carbonyl (C=O) groups is 1. The lowest BCUT2D eigenvalue weighted by Gasteiger charge is -2.35. The van der Waals surface area contributed by atoms with E-state index in [1.807, 2.05) is 35.4 Å². The fraction of sp³-hybridized carbons (Fsp3) is 0.286. The highest BCUT2D eigenvalue weighted by Gasteiger charge is 2.30. The van der Waals surface area contributed by atoms with Gasteiger partial charge in [-0.25, -0.2) is 9.97 Å². The summed E-state index contributed by atoms with van der Waals surface area (Å²) in [6, 6.07) is 10.4. The number of carbonyl (C=O) groups excluding carboxylic acids is 1. The zero-order valence-electron chi connectivity index (χ0n) is 16.2. The van der Waals surface area contributed by atoms with Gasteiger partial charge in [0.2, 0.25) is 0 Å². The standard InChI is InChI=1S/C21H19F3N4OS/c1-14-13-18(26-19(25-14)15-4-6-16(7-5-15)21(22,23)24)27-8-10-28(11-9-27)20(29)17-3-2-12-30-17/h2-7,12-13H,8-11H2,1H3. The zero-order valence-corrected chi connectivity index (χ0v) is 17.0. The van der Waals surface area contributed by atoms with E-state index in [0.717, 1.165) is 22.7 Å². The van der Waals surface area contributed by atoms with Gasteiger partial charge in [-0.3, -0.25) is 4.79 Å². The van der Waals surface area contributed by atoms with Gasteiger partial charge in [0.05, 0.1) is 10.4 Å². The number of rotatable bonds is 3. The molecule has 0 unspecified atom stereocenters. The first kappa shape index (κ1) is 20.3. The van der Waals surface area contributed by atoms with Crippen LogP contribution in [-0.4, -0.2) is 47.0 Å². The number of thiophene rings is 1. The molecular weight excluding hydrogens is 413 g/mol. The van der Waals surface area contributed by atoms with Crippen LogP contribution in [0.3, 0.4) is 0 Å². The second kappa shape index (κ2) is 8.06. The second-order valence-corrected chi connectivity index (χ2v) is 7.97. The van der Waals surface area contributed by atoms with E-state index in [1.165, 1.54) is 23.5 Å². The summed E-state index contributed by atoms with van der Waals surface area (Å²) >= 11 is 1.43. The van der Waals surface area contributed by atoms with Crippen molar-refractivity contribution in [2.75, 3.05) is 31.1 Å². The molecule has 30 heavy (non-hydrogen) atoms. The van der Waals surface area contributed by atoms with Crippen LogP contribution in [0, 0.1) is 6.92 Å². The first-order valence-electron chi connectivity index (χ1n) is 9.42. The van der Waals surface area contributed by atoms with Gasteiger partial charge in [-0.05, 0) is 30.5 Å². The summed E-state index contributed by atoms with van der Waals surface area (Å²) in [4.78, 5) is 26.1. The maximum Gasteiger partial charge on any atom is 0.416 e. The van der Waals surface area contributed by atoms with Gasteiger partial charge in [0.15, 0.2) is 5.82 Å². The number of anilines is 1. The van der Waals surface area contributed by atoms with E-state index in [1.54, 1.807) is 0 Å². The molecule has 3 aromatic rings. The average Bonchev–Trinajstić information content (AvgIpc) is 3.27. The van der Waals surface area contributed by atoms with E-state index in [9.17, 15) is 18.0 Å². The van der Waals surface area contributed by atoms with Crippen LogP contribution in [0.25, 0.3) is 11.4 Å². The molecule has 0 aliphatic carbocycles. The fourth-order valence-electron chi connectivity index (χ4n) is 3.35. The Morgan fingerprint density at radius 3 is 2.33 bits per heavy atom. The van der Waals surface area contributed by atoms with Gasteiger partial charge in [-0.15, -0.1) is 11.3 Å². The third-order valence-electron chi connectivity index (χ3n) is 4.93. The Hall–Kier alpha value is -2.94. The van der Waals surface area contributed by atoms with Crippen LogP contribution in [0.2, 0.25) is 0 Å². The van der Waals surface area contributed by atoms with Crippen LogP contribution in [0.5, 0.6) is 0 Å². The Bertz CT molecular complexity index is 1030. The quantitative estimate of drug-likeness (QED) is 0.612. The molecule has 1 aliphatic rings. The van der Waals surface area contributed by atoms with E-state index >= 15 is 0 Å². The molecule has 1 aliphatic heterocycles. The minimum absolute atomic E-state index is 0.0361. The summed E-state index contributed by atoms with van der Waals surface area (Å²) in [7, 11) is 0. The number of benzene rings is 1. The van der Waals surface area contributed by atoms with Crippen LogP contribution in [0.15, 0.2) is 47.8 Å². The van der Waals surface area contributed by atoms with E-state index in [2.05, 4.69) is 14.9 Å². The van der Waals surface area contributed by atoms with Crippen molar-refractivity contribution in [3.63, 3.8) is 0 Å². The Labute approximate surface area is 175 Å². The van der Waals surface area contributed by atoms with E-state index in [4.69, 9.17) is 0 Å². The molecule has 0 saturated carbocycles. The molecule has 1 fully saturated rings. The zero-order chi connectivity index (χ0) is 21.3. The monoisotopic (exact) mass is 432 g/mol. The van der Waals surface area contributed by atoms with E-state index < -0.39 is 11.7 Å². The molecule has 1 saturated heterocycles. The molecule has 4 rings (SSSR count). The van der Waals surface area contributed by atoms with Crippen molar-refractivity contribution in [1.82, 2.24) is 14.9 Å². The Kier molecular flexibility index (Phi) is 5.46. The molecule has 1 amide bonds. The third kappa shape index (κ3) is 4.30. The van der Waals surface area contributed by atoms with E-state index in [-0.39, 0.29) is 5.91 Å². The molecule has 3 heterocycles. The van der Waals surface area contributed by atoms with Gasteiger partial charge in [0, 0.05) is 43.5 Å². The summed E-state index contributed by atoms with van der Waals surface area (Å²) in [5.74, 6) is 1.13. The van der Waals surface area contributed by atoms with Crippen LogP contribution in [-0.2, 0) is 6.18 Å². The molecule has 5 nitrogen and oxygen atoms in total. The molecule has 0 spiro atoms. The Morgan fingerprint density at radius 2 is 1.73 bits per heavy atom. The summed E-state index contributed by atoms with van der Waals surface area (Å²) < 4.78 is 38.4. The second-order valence-electron chi connectivity index (χ2n) is 7.02. The van der Waals surface area contributed by atoms with Gasteiger partial charge >= 0.3 is 6.18 Å². The van der Waals surface area contributed by atoms with Crippen molar-refractivity contribution in [2.24, 2.45) is 0 Å². The van der Waals surface area contributed by atoms with Gasteiger partial charge in [-0.1, -0.05) is 18.2 Å². The summed E-state index contributed by atoms with van der Waals surface area (Å²) in [5, 5.41) is 1.88. The molecule has 1 aromatic carbocycles. The topological polar surface area (TPSA) is 49.3 Å². The van der Waals surface area contributed by atoms with Crippen molar-refractivity contribution in [2.45, 2.75) is 13.1 Å². The number of piperazine rings is 1. The van der Waals surface area contributed by atoms with Crippen molar-refractivity contribution in [3.8, 4) is 11.4 Å². The predicted molar refractivity (Wildman–Crippen MR) is 110 cm³/mol. The lowest BCUT2D eigenvalue weighted by molar-refractivity contribution is -0.137. The number of halogens is 3. The molecule has 156 valence electrons. The highest BCUT2D eigenvalue weighted by Crippen LogP contribution is 2.31. The Morgan fingerprint density at radius 1 is 1.03 bits per heavy atom. The minimum atomic E-state index is -4.38. The third-order valence-corrected chi connectivity index (χ3v) is 5.79. The van der Waals surface area contributed by atoms with Crippen molar-refractivity contribution in [1.29, 1.82) is 0 Å². The van der Waals surface area contributed by atoms with Crippen LogP contribution >= 0.6 is 11.3 Å². The van der Waals surface area contributed by atoms with Crippen LogP contribution in [0.4, 0.5) is 19.0 Å². The highest BCUT2D eigenvalue weighted by atomic mass is 32.1. The molecule has 0 radical (unpaired) electrons. The van der Waals surface area contributed by atoms with E-state index in [0.29, 0.717) is 43.4 Å². The molecular formula is C21H19F3N4OS. The van der Waals surface area contributed by atoms with Crippen LogP contribution in [0.1, 0.15) is 20.9 Å². The number of alkyl halides is 3. The molecule has 9 heteroatoms. The first-order valence-corrected chi connectivity index (χ1v) is 10.3. The maximum absolute atomic E-state index is 12.8. The van der Waals surface area contributed by atoms with Gasteiger partial charge < -0.3 is 9.80 Å². The SMILES string of the molecule is Cc1cc(N2CCN(C(=O)c3cccs3)CC2)nc(-c2ccc(C(F)(F)F)cc2)n1. The Balaban J connectivity index is 1.49. The van der Waals surface area contributed by atoms with Gasteiger partial charge in [0.25, 0.3) is 5.91 Å². The maximum atomic E-state index is 12.8. The predicted octanol–water partition coefficient (Wildman–Crippen LogP) is 4.49. The summed E-state index contributed by atoms with van der Waals surface area (Å²) in [5.41, 5.74) is 0.553. The smallest absolute Gasteiger partial charge is 0.353 e. The molecule has 0 atom stereocenters. The van der Waals surface area contributed by atoms with Gasteiger partial charge in [-0.2, -0.15) is 13.2 Å². The largest absolute Gasteiger partial charge is 0.416 e. The highest BCUT2D eigenvalue weighted by molar-refractivity contribution is 7.12. The number of nitrogens with zero attached hydrogens (tertiary/aromatic N) is 4. The first-order chi connectivity index (χ1) is 14.3.